The molecule has 1 saturated heterocycles. The maximum atomic E-state index is 12.2. The van der Waals surface area contributed by atoms with E-state index in [1.165, 1.54) is 6.42 Å². The number of carbonyl (C=O) groups is 1. The van der Waals surface area contributed by atoms with E-state index in [-0.39, 0.29) is 6.04 Å². The molecule has 0 aromatic rings. The number of rotatable bonds is 3. The van der Waals surface area contributed by atoms with Gasteiger partial charge in [-0.1, -0.05) is 13.8 Å². The molecule has 2 aliphatic rings. The van der Waals surface area contributed by atoms with Crippen molar-refractivity contribution in [2.24, 2.45) is 17.8 Å². The van der Waals surface area contributed by atoms with Gasteiger partial charge in [0.1, 0.15) is 5.78 Å². The van der Waals surface area contributed by atoms with Crippen LogP contribution < -0.4 is 5.32 Å². The van der Waals surface area contributed by atoms with Crippen LogP contribution in [0.3, 0.4) is 0 Å². The Kier molecular flexibility index (Phi) is 4.57. The number of morpholine rings is 1. The van der Waals surface area contributed by atoms with Gasteiger partial charge in [-0.2, -0.15) is 0 Å². The average molecular weight is 239 g/mol. The molecule has 4 unspecified atom stereocenters. The van der Waals surface area contributed by atoms with Gasteiger partial charge < -0.3 is 10.1 Å². The molecular weight excluding hydrogens is 214 g/mol. The quantitative estimate of drug-likeness (QED) is 0.818. The summed E-state index contributed by atoms with van der Waals surface area (Å²) < 4.78 is 5.39. The summed E-state index contributed by atoms with van der Waals surface area (Å²) in [5, 5.41) is 3.36. The van der Waals surface area contributed by atoms with Crippen LogP contribution in [0.4, 0.5) is 0 Å². The van der Waals surface area contributed by atoms with E-state index in [4.69, 9.17) is 4.74 Å². The first-order valence-electron chi connectivity index (χ1n) is 7.00. The van der Waals surface area contributed by atoms with Crippen molar-refractivity contribution in [2.75, 3.05) is 19.8 Å². The van der Waals surface area contributed by atoms with E-state index < -0.39 is 0 Å². The monoisotopic (exact) mass is 239 g/mol. The molecule has 0 spiro atoms. The summed E-state index contributed by atoms with van der Waals surface area (Å²) in [5.74, 6) is 2.25. The lowest BCUT2D eigenvalue weighted by atomic mass is 9.73. The summed E-state index contributed by atoms with van der Waals surface area (Å²) in [6.45, 7) is 6.96. The molecule has 1 heterocycles. The number of Topliss-reactive ketones (excluding diaryl/α,β-unsaturated/α-hetero) is 1. The number of carbonyl (C=O) groups excluding carboxylic acids is 1. The van der Waals surface area contributed by atoms with Crippen molar-refractivity contribution in [1.29, 1.82) is 0 Å². The molecule has 0 aromatic carbocycles. The van der Waals surface area contributed by atoms with Gasteiger partial charge in [-0.25, -0.2) is 0 Å². The highest BCUT2D eigenvalue weighted by atomic mass is 16.5. The average Bonchev–Trinajstić information content (AvgIpc) is 2.34. The third-order valence-corrected chi connectivity index (χ3v) is 4.50. The minimum Gasteiger partial charge on any atom is -0.379 e. The number of ketones is 1. The van der Waals surface area contributed by atoms with Crippen LogP contribution in [0.5, 0.6) is 0 Å². The van der Waals surface area contributed by atoms with Gasteiger partial charge in [0.15, 0.2) is 0 Å². The molecule has 2 rings (SSSR count). The zero-order valence-electron chi connectivity index (χ0n) is 11.1. The number of nitrogens with one attached hydrogen (secondary N) is 1. The predicted octanol–water partition coefficient (Wildman–Crippen LogP) is 2.01. The SMILES string of the molecule is CC1CCC(C(=O)CC2COCCN2)CC1C. The Morgan fingerprint density at radius 3 is 2.76 bits per heavy atom. The summed E-state index contributed by atoms with van der Waals surface area (Å²) in [6.07, 6.45) is 4.06. The van der Waals surface area contributed by atoms with Crippen LogP contribution in [0.25, 0.3) is 0 Å². The van der Waals surface area contributed by atoms with Crippen LogP contribution in [0.2, 0.25) is 0 Å². The fraction of sp³-hybridized carbons (Fsp3) is 0.929. The van der Waals surface area contributed by atoms with Crippen molar-refractivity contribution < 1.29 is 9.53 Å². The lowest BCUT2D eigenvalue weighted by Crippen LogP contribution is -2.43. The van der Waals surface area contributed by atoms with Gasteiger partial charge in [0.25, 0.3) is 0 Å². The van der Waals surface area contributed by atoms with Gasteiger partial charge in [0.2, 0.25) is 0 Å². The fourth-order valence-corrected chi connectivity index (χ4v) is 3.00. The Labute approximate surface area is 104 Å². The molecule has 1 saturated carbocycles. The maximum absolute atomic E-state index is 12.2. The number of hydrogen-bond donors (Lipinski definition) is 1. The van der Waals surface area contributed by atoms with Crippen LogP contribution in [-0.2, 0) is 9.53 Å². The molecule has 1 aliphatic carbocycles. The van der Waals surface area contributed by atoms with Crippen LogP contribution in [-0.4, -0.2) is 31.6 Å². The summed E-state index contributed by atoms with van der Waals surface area (Å²) in [7, 11) is 0. The van der Waals surface area contributed by atoms with Crippen molar-refractivity contribution in [2.45, 2.75) is 45.6 Å². The molecule has 98 valence electrons. The van der Waals surface area contributed by atoms with E-state index in [0.29, 0.717) is 30.6 Å². The van der Waals surface area contributed by atoms with E-state index in [1.807, 2.05) is 0 Å². The van der Waals surface area contributed by atoms with Crippen LogP contribution in [0.1, 0.15) is 39.5 Å². The minimum absolute atomic E-state index is 0.255. The van der Waals surface area contributed by atoms with Crippen LogP contribution in [0.15, 0.2) is 0 Å². The second-order valence-corrected chi connectivity index (χ2v) is 5.86. The van der Waals surface area contributed by atoms with E-state index >= 15 is 0 Å². The largest absolute Gasteiger partial charge is 0.379 e. The highest BCUT2D eigenvalue weighted by molar-refractivity contribution is 5.81. The fourth-order valence-electron chi connectivity index (χ4n) is 3.00. The predicted molar refractivity (Wildman–Crippen MR) is 67.9 cm³/mol. The first-order valence-corrected chi connectivity index (χ1v) is 7.00. The molecule has 0 amide bonds. The topological polar surface area (TPSA) is 38.3 Å². The van der Waals surface area contributed by atoms with Crippen LogP contribution in [0, 0.1) is 17.8 Å². The minimum atomic E-state index is 0.255. The van der Waals surface area contributed by atoms with Gasteiger partial charge in [0, 0.05) is 24.9 Å². The lowest BCUT2D eigenvalue weighted by molar-refractivity contribution is -0.125. The first kappa shape index (κ1) is 13.0. The highest BCUT2D eigenvalue weighted by Crippen LogP contribution is 2.34. The molecule has 1 N–H and O–H groups in total. The Morgan fingerprint density at radius 1 is 1.29 bits per heavy atom. The van der Waals surface area contributed by atoms with Crippen LogP contribution >= 0.6 is 0 Å². The Hall–Kier alpha value is -0.410. The molecule has 3 nitrogen and oxygen atoms in total. The van der Waals surface area contributed by atoms with E-state index in [0.717, 1.165) is 31.9 Å². The summed E-state index contributed by atoms with van der Waals surface area (Å²) >= 11 is 0. The normalized spacial score (nSPS) is 38.9. The second-order valence-electron chi connectivity index (χ2n) is 5.86. The van der Waals surface area contributed by atoms with Gasteiger partial charge in [-0.05, 0) is 31.1 Å². The standard InChI is InChI=1S/C14H25NO2/c1-10-3-4-12(7-11(10)2)14(16)8-13-9-17-6-5-15-13/h10-13,15H,3-9H2,1-2H3. The third kappa shape index (κ3) is 3.52. The zero-order chi connectivity index (χ0) is 12.3. The molecule has 2 fully saturated rings. The summed E-state index contributed by atoms with van der Waals surface area (Å²) in [6, 6.07) is 0.255. The van der Waals surface area contributed by atoms with Crippen molar-refractivity contribution in [3.8, 4) is 0 Å². The Bertz CT molecular complexity index is 261. The molecule has 0 aromatic heterocycles. The van der Waals surface area contributed by atoms with Crippen molar-refractivity contribution in [3.05, 3.63) is 0 Å². The number of hydrogen-bond acceptors (Lipinski definition) is 3. The van der Waals surface area contributed by atoms with E-state index in [2.05, 4.69) is 19.2 Å². The number of ether oxygens (including phenoxy) is 1. The molecule has 4 atom stereocenters. The Balaban J connectivity index is 1.79. The molecule has 1 aliphatic heterocycles. The van der Waals surface area contributed by atoms with Crippen molar-refractivity contribution in [3.63, 3.8) is 0 Å². The van der Waals surface area contributed by atoms with Gasteiger partial charge in [-0.3, -0.25) is 4.79 Å². The van der Waals surface area contributed by atoms with Crippen molar-refractivity contribution >= 4 is 5.78 Å². The highest BCUT2D eigenvalue weighted by Gasteiger charge is 2.30. The summed E-state index contributed by atoms with van der Waals surface area (Å²) in [5.41, 5.74) is 0. The molecule has 0 radical (unpaired) electrons. The zero-order valence-corrected chi connectivity index (χ0v) is 11.1. The lowest BCUT2D eigenvalue weighted by Gasteiger charge is -2.32. The third-order valence-electron chi connectivity index (χ3n) is 4.50. The first-order chi connectivity index (χ1) is 8.16. The molecule has 3 heteroatoms. The molecule has 0 bridgehead atoms. The van der Waals surface area contributed by atoms with E-state index in [1.54, 1.807) is 0 Å². The second kappa shape index (κ2) is 5.96. The molecule has 17 heavy (non-hydrogen) atoms. The van der Waals surface area contributed by atoms with Gasteiger partial charge in [-0.15, -0.1) is 0 Å². The molecular formula is C14H25NO2. The van der Waals surface area contributed by atoms with Gasteiger partial charge in [0.05, 0.1) is 13.2 Å². The van der Waals surface area contributed by atoms with Gasteiger partial charge >= 0.3 is 0 Å². The Morgan fingerprint density at radius 2 is 2.12 bits per heavy atom. The summed E-state index contributed by atoms with van der Waals surface area (Å²) in [4.78, 5) is 12.2. The smallest absolute Gasteiger partial charge is 0.137 e. The van der Waals surface area contributed by atoms with E-state index in [9.17, 15) is 4.79 Å². The maximum Gasteiger partial charge on any atom is 0.137 e. The van der Waals surface area contributed by atoms with Crippen molar-refractivity contribution in [1.82, 2.24) is 5.32 Å².